The van der Waals surface area contributed by atoms with Crippen molar-refractivity contribution in [2.45, 2.75) is 26.4 Å². The Balaban J connectivity index is 0.000000505. The fraction of sp³-hybridized carbons (Fsp3) is 0.231. The van der Waals surface area contributed by atoms with Crippen LogP contribution in [-0.2, 0) is 21.2 Å². The van der Waals surface area contributed by atoms with Crippen LogP contribution >= 0.6 is 0 Å². The molecule has 8 nitrogen and oxygen atoms in total. The van der Waals surface area contributed by atoms with Crippen molar-refractivity contribution < 1.29 is 41.5 Å². The number of halogens is 3. The third-order valence-corrected chi connectivity index (χ3v) is 6.62. The Hall–Kier alpha value is -3.90. The molecule has 0 saturated heterocycles. The van der Waals surface area contributed by atoms with Crippen molar-refractivity contribution >= 4 is 38.9 Å². The van der Waals surface area contributed by atoms with E-state index in [9.17, 15) is 21.6 Å². The number of quaternary nitrogens is 1. The van der Waals surface area contributed by atoms with Crippen LogP contribution in [0, 0.1) is 5.92 Å². The number of alkyl halides is 3. The van der Waals surface area contributed by atoms with Crippen LogP contribution in [0.3, 0.4) is 0 Å². The van der Waals surface area contributed by atoms with E-state index < -0.39 is 22.2 Å². The summed E-state index contributed by atoms with van der Waals surface area (Å²) >= 11 is 0. The molecule has 12 heteroatoms. The van der Waals surface area contributed by atoms with E-state index >= 15 is 0 Å². The molecule has 0 spiro atoms. The summed E-state index contributed by atoms with van der Waals surface area (Å²) in [5.74, 6) is -0.0713. The van der Waals surface area contributed by atoms with E-state index in [1.54, 1.807) is 12.1 Å². The number of rotatable bonds is 8. The van der Waals surface area contributed by atoms with Crippen molar-refractivity contribution in [1.82, 2.24) is 0 Å². The molecule has 0 bridgehead atoms. The maximum absolute atomic E-state index is 12.2. The molecule has 3 aromatic carbocycles. The highest BCUT2D eigenvalue weighted by molar-refractivity contribution is 7.92. The molecule has 0 atom stereocenters. The summed E-state index contributed by atoms with van der Waals surface area (Å²) < 4.78 is 64.6. The van der Waals surface area contributed by atoms with Crippen molar-refractivity contribution in [3.05, 3.63) is 78.4 Å². The van der Waals surface area contributed by atoms with Gasteiger partial charge in [0.15, 0.2) is 5.69 Å². The molecule has 202 valence electrons. The number of hydrogen-bond donors (Lipinski definition) is 3. The van der Waals surface area contributed by atoms with E-state index in [-0.39, 0.29) is 11.7 Å². The molecule has 38 heavy (non-hydrogen) atoms. The van der Waals surface area contributed by atoms with Crippen molar-refractivity contribution in [2.24, 2.45) is 10.9 Å². The summed E-state index contributed by atoms with van der Waals surface area (Å²) in [6, 6.07) is 23.1. The summed E-state index contributed by atoms with van der Waals surface area (Å²) in [4.78, 5) is 13.6. The number of fused-ring (bicyclic) bond motifs is 1. The molecule has 0 radical (unpaired) electrons. The van der Waals surface area contributed by atoms with Gasteiger partial charge in [-0.2, -0.15) is 18.2 Å². The van der Waals surface area contributed by atoms with Crippen molar-refractivity contribution in [1.29, 1.82) is 0 Å². The van der Waals surface area contributed by atoms with Crippen LogP contribution in [0.1, 0.15) is 19.4 Å². The maximum Gasteiger partial charge on any atom is 0.490 e. The zero-order valence-corrected chi connectivity index (χ0v) is 21.4. The predicted molar refractivity (Wildman–Crippen MR) is 138 cm³/mol. The van der Waals surface area contributed by atoms with Gasteiger partial charge in [-0.25, -0.2) is 13.2 Å². The third-order valence-electron chi connectivity index (χ3n) is 4.97. The smallest absolute Gasteiger partial charge is 0.475 e. The van der Waals surface area contributed by atoms with Crippen LogP contribution in [-0.4, -0.2) is 37.3 Å². The second-order valence-corrected chi connectivity index (χ2v) is 10.6. The number of nitrogens with two attached hydrogens (primary N) is 1. The first-order valence-corrected chi connectivity index (χ1v) is 13.1. The van der Waals surface area contributed by atoms with E-state index in [2.05, 4.69) is 9.71 Å². The minimum absolute atomic E-state index is 0.0642. The Morgan fingerprint density at radius 3 is 2.21 bits per heavy atom. The molecule has 3 aromatic rings. The Bertz CT molecular complexity index is 1390. The lowest BCUT2D eigenvalue weighted by molar-refractivity contribution is -0.440. The molecule has 0 aromatic heterocycles. The average molecular weight is 551 g/mol. The number of carbonyl (C=O) groups is 1. The van der Waals surface area contributed by atoms with E-state index in [1.807, 2.05) is 79.8 Å². The SMILES string of the molecule is CC(C)CS(=O)(=O)Nc1ccc2c(c1)N=C(Cc1ccc(Oc3ccccc3)cc1)[NH2+]2.O=C(O)C(F)(F)F. The van der Waals surface area contributed by atoms with E-state index in [0.717, 1.165) is 34.3 Å². The normalized spacial score (nSPS) is 12.7. The van der Waals surface area contributed by atoms with Crippen LogP contribution < -0.4 is 14.8 Å². The van der Waals surface area contributed by atoms with Crippen LogP contribution in [0.5, 0.6) is 11.5 Å². The van der Waals surface area contributed by atoms with E-state index in [0.29, 0.717) is 12.1 Å². The highest BCUT2D eigenvalue weighted by Crippen LogP contribution is 2.29. The number of hydrogen-bond acceptors (Lipinski definition) is 5. The topological polar surface area (TPSA) is 122 Å². The van der Waals surface area contributed by atoms with Crippen LogP contribution in [0.25, 0.3) is 0 Å². The number of carboxylic acids is 1. The second-order valence-electron chi connectivity index (χ2n) is 8.84. The molecule has 0 amide bonds. The Labute approximate surface area is 218 Å². The molecular weight excluding hydrogens is 523 g/mol. The fourth-order valence-corrected chi connectivity index (χ4v) is 4.90. The summed E-state index contributed by atoms with van der Waals surface area (Å²) in [6.07, 6.45) is -4.39. The lowest BCUT2D eigenvalue weighted by Crippen LogP contribution is -2.81. The summed E-state index contributed by atoms with van der Waals surface area (Å²) in [6.45, 7) is 3.77. The number of ether oxygens (including phenoxy) is 1. The molecular formula is C26H27F3N3O5S+. The van der Waals surface area contributed by atoms with E-state index in [4.69, 9.17) is 14.6 Å². The van der Waals surface area contributed by atoms with Gasteiger partial charge in [0.05, 0.1) is 17.9 Å². The average Bonchev–Trinajstić information content (AvgIpc) is 3.21. The first-order valence-electron chi connectivity index (χ1n) is 11.5. The second kappa shape index (κ2) is 12.1. The molecule has 0 aliphatic carbocycles. The number of sulfonamides is 1. The molecule has 0 saturated carbocycles. The maximum atomic E-state index is 12.2. The van der Waals surface area contributed by atoms with Gasteiger partial charge in [-0.3, -0.25) is 10.0 Å². The monoisotopic (exact) mass is 550 g/mol. The number of carboxylic acid groups (broad SMARTS) is 1. The third kappa shape index (κ3) is 8.89. The molecule has 0 unspecified atom stereocenters. The number of amidine groups is 1. The van der Waals surface area contributed by atoms with Crippen molar-refractivity contribution in [2.75, 3.05) is 10.5 Å². The lowest BCUT2D eigenvalue weighted by Gasteiger charge is -2.09. The van der Waals surface area contributed by atoms with Gasteiger partial charge in [0, 0.05) is 6.07 Å². The van der Waals surface area contributed by atoms with Gasteiger partial charge in [0.1, 0.15) is 17.2 Å². The minimum Gasteiger partial charge on any atom is -0.475 e. The first kappa shape index (κ1) is 28.7. The predicted octanol–water partition coefficient (Wildman–Crippen LogP) is 4.99. The van der Waals surface area contributed by atoms with Crippen LogP contribution in [0.2, 0.25) is 0 Å². The molecule has 4 rings (SSSR count). The quantitative estimate of drug-likeness (QED) is 0.341. The largest absolute Gasteiger partial charge is 0.490 e. The van der Waals surface area contributed by atoms with Gasteiger partial charge in [-0.1, -0.05) is 44.2 Å². The number of aliphatic imine (C=N–C) groups is 1. The minimum atomic E-state index is -5.08. The Kier molecular flexibility index (Phi) is 9.13. The number of anilines is 1. The van der Waals surface area contributed by atoms with Crippen LogP contribution in [0.15, 0.2) is 77.8 Å². The molecule has 0 fully saturated rings. The molecule has 1 aliphatic rings. The number of benzene rings is 3. The summed E-state index contributed by atoms with van der Waals surface area (Å²) in [5, 5.41) is 9.16. The van der Waals surface area contributed by atoms with E-state index in [1.165, 1.54) is 0 Å². The van der Waals surface area contributed by atoms with Gasteiger partial charge in [-0.05, 0) is 47.9 Å². The van der Waals surface area contributed by atoms with Gasteiger partial charge >= 0.3 is 12.1 Å². The summed E-state index contributed by atoms with van der Waals surface area (Å²) in [5.41, 5.74) is 3.44. The number of nitrogens with zero attached hydrogens (tertiary/aromatic N) is 1. The molecule has 1 aliphatic heterocycles. The van der Waals surface area contributed by atoms with Crippen LogP contribution in [0.4, 0.5) is 30.2 Å². The Morgan fingerprint density at radius 2 is 1.63 bits per heavy atom. The van der Waals surface area contributed by atoms with Gasteiger partial charge < -0.3 is 9.84 Å². The van der Waals surface area contributed by atoms with Gasteiger partial charge in [-0.15, -0.1) is 0 Å². The highest BCUT2D eigenvalue weighted by Gasteiger charge is 2.38. The van der Waals surface area contributed by atoms with Gasteiger partial charge in [0.2, 0.25) is 15.9 Å². The summed E-state index contributed by atoms with van der Waals surface area (Å²) in [7, 11) is -3.36. The van der Waals surface area contributed by atoms with Crippen molar-refractivity contribution in [3.63, 3.8) is 0 Å². The first-order chi connectivity index (χ1) is 17.8. The zero-order chi connectivity index (χ0) is 27.9. The molecule has 4 N–H and O–H groups in total. The fourth-order valence-electron chi connectivity index (χ4n) is 3.45. The van der Waals surface area contributed by atoms with Crippen molar-refractivity contribution in [3.8, 4) is 11.5 Å². The Morgan fingerprint density at radius 1 is 1.03 bits per heavy atom. The number of aliphatic carboxylic acids is 1. The van der Waals surface area contributed by atoms with Gasteiger partial charge in [0.25, 0.3) is 0 Å². The zero-order valence-electron chi connectivity index (χ0n) is 20.6. The highest BCUT2D eigenvalue weighted by atomic mass is 32.2. The number of para-hydroxylation sites is 1. The molecule has 1 heterocycles. The lowest BCUT2D eigenvalue weighted by atomic mass is 10.1. The standard InChI is InChI=1S/C24H25N3O3S.C2HF3O2/c1-17(2)16-31(28,29)27-19-10-13-22-23(15-19)26-24(25-22)14-18-8-11-21(12-9-18)30-20-6-4-3-5-7-20;3-2(4,5)1(6)7/h3-13,15,17,27H,14,16H2,1-2H3,(H,25,26);(H,6,7)/p+1. The number of nitrogens with one attached hydrogen (secondary N) is 1.